The maximum Gasteiger partial charge on any atom is 0.328 e. The molecular weight excluding hydrogens is 332 g/mol. The van der Waals surface area contributed by atoms with Crippen LogP contribution in [0.3, 0.4) is 0 Å². The standard InChI is InChI=1S/C17H15BrO3/c18-15-7-8-16(14(12-15)6-9-17(19)20)21-11-10-13-4-2-1-3-5-13/h1-9,12H,10-11H2,(H,19,20)/b9-6+. The Morgan fingerprint density at radius 2 is 1.95 bits per heavy atom. The molecule has 4 heteroatoms. The van der Waals surface area contributed by atoms with Gasteiger partial charge >= 0.3 is 5.97 Å². The molecule has 0 aliphatic heterocycles. The van der Waals surface area contributed by atoms with Gasteiger partial charge in [0.25, 0.3) is 0 Å². The summed E-state index contributed by atoms with van der Waals surface area (Å²) in [4.78, 5) is 10.6. The first-order valence-electron chi connectivity index (χ1n) is 6.52. The number of hydrogen-bond donors (Lipinski definition) is 1. The number of halogens is 1. The maximum absolute atomic E-state index is 10.6. The smallest absolute Gasteiger partial charge is 0.328 e. The van der Waals surface area contributed by atoms with E-state index in [1.54, 1.807) is 0 Å². The summed E-state index contributed by atoms with van der Waals surface area (Å²) in [6.07, 6.45) is 3.44. The van der Waals surface area contributed by atoms with Crippen molar-refractivity contribution >= 4 is 28.0 Å². The van der Waals surface area contributed by atoms with Crippen molar-refractivity contribution < 1.29 is 14.6 Å². The first kappa shape index (κ1) is 15.3. The van der Waals surface area contributed by atoms with Crippen molar-refractivity contribution in [1.82, 2.24) is 0 Å². The van der Waals surface area contributed by atoms with Gasteiger partial charge in [0.1, 0.15) is 5.75 Å². The van der Waals surface area contributed by atoms with E-state index in [2.05, 4.69) is 28.1 Å². The minimum Gasteiger partial charge on any atom is -0.493 e. The van der Waals surface area contributed by atoms with Crippen molar-refractivity contribution in [3.05, 3.63) is 70.2 Å². The van der Waals surface area contributed by atoms with Crippen molar-refractivity contribution in [2.45, 2.75) is 6.42 Å². The first-order chi connectivity index (χ1) is 10.1. The summed E-state index contributed by atoms with van der Waals surface area (Å²) in [5.41, 5.74) is 1.94. The molecule has 2 aromatic rings. The van der Waals surface area contributed by atoms with Crippen LogP contribution >= 0.6 is 15.9 Å². The number of rotatable bonds is 6. The Hall–Kier alpha value is -2.07. The predicted octanol–water partition coefficient (Wildman–Crippen LogP) is 4.17. The highest BCUT2D eigenvalue weighted by atomic mass is 79.9. The molecule has 0 unspecified atom stereocenters. The summed E-state index contributed by atoms with van der Waals surface area (Å²) in [7, 11) is 0. The molecule has 1 N–H and O–H groups in total. The first-order valence-corrected chi connectivity index (χ1v) is 7.32. The molecule has 0 radical (unpaired) electrons. The summed E-state index contributed by atoms with van der Waals surface area (Å²) in [6, 6.07) is 15.6. The molecule has 0 bridgehead atoms. The van der Waals surface area contributed by atoms with E-state index in [0.29, 0.717) is 12.4 Å². The number of hydrogen-bond acceptors (Lipinski definition) is 2. The Kier molecular flexibility index (Phi) is 5.58. The van der Waals surface area contributed by atoms with Crippen molar-refractivity contribution in [3.8, 4) is 5.75 Å². The second kappa shape index (κ2) is 7.64. The highest BCUT2D eigenvalue weighted by Crippen LogP contribution is 2.24. The molecule has 0 aliphatic rings. The van der Waals surface area contributed by atoms with Gasteiger partial charge in [-0.05, 0) is 29.8 Å². The normalized spacial score (nSPS) is 10.7. The molecule has 0 saturated carbocycles. The third-order valence-electron chi connectivity index (χ3n) is 2.87. The number of benzene rings is 2. The van der Waals surface area contributed by atoms with Crippen LogP contribution in [0.15, 0.2) is 59.1 Å². The lowest BCUT2D eigenvalue weighted by Crippen LogP contribution is -2.02. The summed E-state index contributed by atoms with van der Waals surface area (Å²) >= 11 is 3.37. The van der Waals surface area contributed by atoms with Crippen molar-refractivity contribution in [1.29, 1.82) is 0 Å². The van der Waals surface area contributed by atoms with Crippen LogP contribution in [0.4, 0.5) is 0 Å². The number of carbonyl (C=O) groups is 1. The van der Waals surface area contributed by atoms with Crippen molar-refractivity contribution in [3.63, 3.8) is 0 Å². The van der Waals surface area contributed by atoms with Gasteiger partial charge in [0.2, 0.25) is 0 Å². The van der Waals surface area contributed by atoms with Gasteiger partial charge in [-0.25, -0.2) is 4.79 Å². The Balaban J connectivity index is 2.03. The quantitative estimate of drug-likeness (QED) is 0.798. The predicted molar refractivity (Wildman–Crippen MR) is 86.5 cm³/mol. The Morgan fingerprint density at radius 3 is 2.67 bits per heavy atom. The molecule has 0 saturated heterocycles. The molecular formula is C17H15BrO3. The van der Waals surface area contributed by atoms with Gasteiger partial charge in [0, 0.05) is 22.5 Å². The van der Waals surface area contributed by atoms with Gasteiger partial charge in [0.15, 0.2) is 0 Å². The molecule has 0 aliphatic carbocycles. The molecule has 0 atom stereocenters. The van der Waals surface area contributed by atoms with E-state index < -0.39 is 5.97 Å². The topological polar surface area (TPSA) is 46.5 Å². The zero-order chi connectivity index (χ0) is 15.1. The zero-order valence-corrected chi connectivity index (χ0v) is 12.9. The minimum absolute atomic E-state index is 0.541. The molecule has 21 heavy (non-hydrogen) atoms. The fourth-order valence-corrected chi connectivity index (χ4v) is 2.24. The Labute approximate surface area is 132 Å². The fourth-order valence-electron chi connectivity index (χ4n) is 1.87. The van der Waals surface area contributed by atoms with Gasteiger partial charge in [-0.3, -0.25) is 0 Å². The van der Waals surface area contributed by atoms with Crippen LogP contribution in [0.2, 0.25) is 0 Å². The molecule has 2 aromatic carbocycles. The van der Waals surface area contributed by atoms with E-state index in [9.17, 15) is 4.79 Å². The van der Waals surface area contributed by atoms with Crippen LogP contribution in [-0.2, 0) is 11.2 Å². The number of aliphatic carboxylic acids is 1. The second-order valence-corrected chi connectivity index (χ2v) is 5.35. The fraction of sp³-hybridized carbons (Fsp3) is 0.118. The van der Waals surface area contributed by atoms with Crippen LogP contribution < -0.4 is 4.74 Å². The van der Waals surface area contributed by atoms with Crippen LogP contribution in [0.1, 0.15) is 11.1 Å². The molecule has 108 valence electrons. The second-order valence-electron chi connectivity index (χ2n) is 4.44. The van der Waals surface area contributed by atoms with E-state index in [4.69, 9.17) is 9.84 Å². The van der Waals surface area contributed by atoms with Gasteiger partial charge in [-0.2, -0.15) is 0 Å². The molecule has 0 amide bonds. The van der Waals surface area contributed by atoms with Crippen molar-refractivity contribution in [2.75, 3.05) is 6.61 Å². The van der Waals surface area contributed by atoms with E-state index in [0.717, 1.165) is 22.5 Å². The van der Waals surface area contributed by atoms with Gasteiger partial charge < -0.3 is 9.84 Å². The van der Waals surface area contributed by atoms with Gasteiger partial charge in [-0.1, -0.05) is 46.3 Å². The maximum atomic E-state index is 10.6. The molecule has 0 fully saturated rings. The summed E-state index contributed by atoms with van der Waals surface area (Å²) in [6.45, 7) is 0.541. The van der Waals surface area contributed by atoms with E-state index in [1.807, 2.05) is 36.4 Å². The average molecular weight is 347 g/mol. The molecule has 0 spiro atoms. The monoisotopic (exact) mass is 346 g/mol. The molecule has 0 heterocycles. The zero-order valence-electron chi connectivity index (χ0n) is 11.3. The summed E-state index contributed by atoms with van der Waals surface area (Å²) in [5, 5.41) is 8.72. The highest BCUT2D eigenvalue weighted by Gasteiger charge is 2.03. The van der Waals surface area contributed by atoms with Crippen LogP contribution in [-0.4, -0.2) is 17.7 Å². The third-order valence-corrected chi connectivity index (χ3v) is 3.36. The lowest BCUT2D eigenvalue weighted by molar-refractivity contribution is -0.131. The van der Waals surface area contributed by atoms with E-state index in [1.165, 1.54) is 11.6 Å². The number of carboxylic acid groups (broad SMARTS) is 1. The van der Waals surface area contributed by atoms with Gasteiger partial charge in [-0.15, -0.1) is 0 Å². The molecule has 3 nitrogen and oxygen atoms in total. The van der Waals surface area contributed by atoms with E-state index >= 15 is 0 Å². The van der Waals surface area contributed by atoms with E-state index in [-0.39, 0.29) is 0 Å². The summed E-state index contributed by atoms with van der Waals surface area (Å²) in [5.74, 6) is -0.308. The highest BCUT2D eigenvalue weighted by molar-refractivity contribution is 9.10. The Morgan fingerprint density at radius 1 is 1.19 bits per heavy atom. The number of ether oxygens (including phenoxy) is 1. The van der Waals surface area contributed by atoms with Crippen molar-refractivity contribution in [2.24, 2.45) is 0 Å². The minimum atomic E-state index is -0.981. The lowest BCUT2D eigenvalue weighted by Gasteiger charge is -2.10. The lowest BCUT2D eigenvalue weighted by atomic mass is 10.1. The Bertz CT molecular complexity index is 636. The average Bonchev–Trinajstić information content (AvgIpc) is 2.48. The number of carboxylic acids is 1. The summed E-state index contributed by atoms with van der Waals surface area (Å²) < 4.78 is 6.64. The van der Waals surface area contributed by atoms with Gasteiger partial charge in [0.05, 0.1) is 6.61 Å². The van der Waals surface area contributed by atoms with Crippen LogP contribution in [0, 0.1) is 0 Å². The largest absolute Gasteiger partial charge is 0.493 e. The van der Waals surface area contributed by atoms with Crippen LogP contribution in [0.5, 0.6) is 5.75 Å². The third kappa shape index (κ3) is 5.08. The molecule has 0 aromatic heterocycles. The SMILES string of the molecule is O=C(O)/C=C/c1cc(Br)ccc1OCCc1ccccc1. The van der Waals surface area contributed by atoms with Crippen LogP contribution in [0.25, 0.3) is 6.08 Å². The molecule has 2 rings (SSSR count).